The molecule has 0 saturated carbocycles. The summed E-state index contributed by atoms with van der Waals surface area (Å²) in [5, 5.41) is 3.99. The van der Waals surface area contributed by atoms with Crippen LogP contribution in [0.4, 0.5) is 0 Å². The quantitative estimate of drug-likeness (QED) is 0.872. The molecule has 1 unspecified atom stereocenters. The first-order valence-electron chi connectivity index (χ1n) is 7.51. The van der Waals surface area contributed by atoms with Gasteiger partial charge in [0, 0.05) is 36.6 Å². The Labute approximate surface area is 134 Å². The molecule has 22 heavy (non-hydrogen) atoms. The summed E-state index contributed by atoms with van der Waals surface area (Å²) < 4.78 is 5.71. The Kier molecular flexibility index (Phi) is 4.31. The lowest BCUT2D eigenvalue weighted by atomic mass is 10.1. The molecular formula is C16H21N3O2S. The molecule has 0 spiro atoms. The van der Waals surface area contributed by atoms with E-state index in [1.807, 2.05) is 28.7 Å². The SMILES string of the molecule is Cc1oc(-c2ccsc2)nc1CC(=O)N1CCN(C)CC1C. The first-order chi connectivity index (χ1) is 10.5. The summed E-state index contributed by atoms with van der Waals surface area (Å²) in [6, 6.07) is 2.22. The summed E-state index contributed by atoms with van der Waals surface area (Å²) in [6.07, 6.45) is 0.313. The van der Waals surface area contributed by atoms with Gasteiger partial charge in [-0.1, -0.05) is 0 Å². The zero-order chi connectivity index (χ0) is 15.7. The Hall–Kier alpha value is -1.66. The number of aromatic nitrogens is 1. The predicted octanol–water partition coefficient (Wildman–Crippen LogP) is 2.42. The molecule has 1 aliphatic rings. The van der Waals surface area contributed by atoms with Gasteiger partial charge in [-0.2, -0.15) is 11.3 Å². The predicted molar refractivity (Wildman–Crippen MR) is 86.9 cm³/mol. The van der Waals surface area contributed by atoms with E-state index in [4.69, 9.17) is 4.42 Å². The number of hydrogen-bond acceptors (Lipinski definition) is 5. The maximum absolute atomic E-state index is 12.6. The van der Waals surface area contributed by atoms with Crippen molar-refractivity contribution in [1.82, 2.24) is 14.8 Å². The fraction of sp³-hybridized carbons (Fsp3) is 0.500. The number of thiophene rings is 1. The van der Waals surface area contributed by atoms with Gasteiger partial charge >= 0.3 is 0 Å². The van der Waals surface area contributed by atoms with Crippen LogP contribution in [0.15, 0.2) is 21.2 Å². The van der Waals surface area contributed by atoms with Crippen LogP contribution >= 0.6 is 11.3 Å². The van der Waals surface area contributed by atoms with E-state index in [0.29, 0.717) is 12.3 Å². The monoisotopic (exact) mass is 319 g/mol. The molecule has 0 N–H and O–H groups in total. The molecule has 0 aromatic carbocycles. The number of oxazole rings is 1. The third-order valence-electron chi connectivity index (χ3n) is 4.13. The number of carbonyl (C=O) groups is 1. The van der Waals surface area contributed by atoms with E-state index in [1.54, 1.807) is 11.3 Å². The molecule has 2 aromatic heterocycles. The van der Waals surface area contributed by atoms with Crippen molar-refractivity contribution >= 4 is 17.2 Å². The smallest absolute Gasteiger partial charge is 0.229 e. The third-order valence-corrected chi connectivity index (χ3v) is 4.81. The summed E-state index contributed by atoms with van der Waals surface area (Å²) in [4.78, 5) is 21.3. The molecule has 118 valence electrons. The minimum Gasteiger partial charge on any atom is -0.441 e. The molecule has 6 heteroatoms. The molecule has 0 bridgehead atoms. The van der Waals surface area contributed by atoms with Crippen LogP contribution in [0.2, 0.25) is 0 Å². The van der Waals surface area contributed by atoms with Crippen LogP contribution in [0.25, 0.3) is 11.5 Å². The second-order valence-corrected chi connectivity index (χ2v) is 6.69. The maximum Gasteiger partial charge on any atom is 0.229 e. The second-order valence-electron chi connectivity index (χ2n) is 5.91. The van der Waals surface area contributed by atoms with Gasteiger partial charge in [0.15, 0.2) is 0 Å². The molecular weight excluding hydrogens is 298 g/mol. The summed E-state index contributed by atoms with van der Waals surface area (Å²) in [5.74, 6) is 1.47. The molecule has 3 heterocycles. The minimum atomic E-state index is 0.133. The summed E-state index contributed by atoms with van der Waals surface area (Å²) >= 11 is 1.61. The van der Waals surface area contributed by atoms with E-state index in [2.05, 4.69) is 23.9 Å². The lowest BCUT2D eigenvalue weighted by molar-refractivity contribution is -0.134. The highest BCUT2D eigenvalue weighted by Crippen LogP contribution is 2.24. The number of carbonyl (C=O) groups excluding carboxylic acids is 1. The lowest BCUT2D eigenvalue weighted by Gasteiger charge is -2.38. The van der Waals surface area contributed by atoms with Gasteiger partial charge in [0.05, 0.1) is 12.1 Å². The highest BCUT2D eigenvalue weighted by Gasteiger charge is 2.27. The van der Waals surface area contributed by atoms with Crippen LogP contribution < -0.4 is 0 Å². The first kappa shape index (κ1) is 15.2. The van der Waals surface area contributed by atoms with Gasteiger partial charge in [-0.15, -0.1) is 0 Å². The van der Waals surface area contributed by atoms with Gasteiger partial charge in [-0.05, 0) is 32.3 Å². The van der Waals surface area contributed by atoms with Gasteiger partial charge in [0.25, 0.3) is 0 Å². The first-order valence-corrected chi connectivity index (χ1v) is 8.45. The minimum absolute atomic E-state index is 0.133. The number of rotatable bonds is 3. The van der Waals surface area contributed by atoms with Crippen molar-refractivity contribution in [2.24, 2.45) is 0 Å². The van der Waals surface area contributed by atoms with E-state index >= 15 is 0 Å². The van der Waals surface area contributed by atoms with Crippen molar-refractivity contribution in [1.29, 1.82) is 0 Å². The molecule has 1 atom stereocenters. The van der Waals surface area contributed by atoms with Crippen LogP contribution in [0.5, 0.6) is 0 Å². The number of hydrogen-bond donors (Lipinski definition) is 0. The van der Waals surface area contributed by atoms with E-state index in [9.17, 15) is 4.79 Å². The van der Waals surface area contributed by atoms with Gasteiger partial charge in [0.2, 0.25) is 11.8 Å². The molecule has 0 radical (unpaired) electrons. The average Bonchev–Trinajstić information content (AvgIpc) is 3.09. The van der Waals surface area contributed by atoms with Crippen molar-refractivity contribution in [2.75, 3.05) is 26.7 Å². The van der Waals surface area contributed by atoms with Gasteiger partial charge in [-0.3, -0.25) is 4.79 Å². The van der Waals surface area contributed by atoms with Crippen molar-refractivity contribution < 1.29 is 9.21 Å². The molecule has 1 fully saturated rings. The summed E-state index contributed by atoms with van der Waals surface area (Å²) in [5.41, 5.74) is 1.72. The Morgan fingerprint density at radius 3 is 3.00 bits per heavy atom. The summed E-state index contributed by atoms with van der Waals surface area (Å²) in [7, 11) is 2.09. The number of nitrogens with zero attached hydrogens (tertiary/aromatic N) is 3. The largest absolute Gasteiger partial charge is 0.441 e. The highest BCUT2D eigenvalue weighted by atomic mass is 32.1. The molecule has 1 saturated heterocycles. The topological polar surface area (TPSA) is 49.6 Å². The molecule has 0 aliphatic carbocycles. The lowest BCUT2D eigenvalue weighted by Crippen LogP contribution is -2.53. The van der Waals surface area contributed by atoms with E-state index in [-0.39, 0.29) is 11.9 Å². The molecule has 5 nitrogen and oxygen atoms in total. The number of piperazine rings is 1. The van der Waals surface area contributed by atoms with Gasteiger partial charge < -0.3 is 14.2 Å². The van der Waals surface area contributed by atoms with Crippen LogP contribution in [0.3, 0.4) is 0 Å². The average molecular weight is 319 g/mol. The number of aryl methyl sites for hydroxylation is 1. The van der Waals surface area contributed by atoms with Crippen LogP contribution in [0.1, 0.15) is 18.4 Å². The maximum atomic E-state index is 12.6. The van der Waals surface area contributed by atoms with Crippen molar-refractivity contribution in [3.8, 4) is 11.5 Å². The zero-order valence-electron chi connectivity index (χ0n) is 13.2. The van der Waals surface area contributed by atoms with Crippen molar-refractivity contribution in [2.45, 2.75) is 26.3 Å². The van der Waals surface area contributed by atoms with Gasteiger partial charge in [0.1, 0.15) is 5.76 Å². The second kappa shape index (κ2) is 6.22. The number of amides is 1. The van der Waals surface area contributed by atoms with Crippen molar-refractivity contribution in [3.05, 3.63) is 28.3 Å². The van der Waals surface area contributed by atoms with Crippen LogP contribution in [-0.2, 0) is 11.2 Å². The van der Waals surface area contributed by atoms with E-state index < -0.39 is 0 Å². The standard InChI is InChI=1S/C16H21N3O2S/c1-11-9-18(3)5-6-19(11)15(20)8-14-12(2)21-16(17-14)13-4-7-22-10-13/h4,7,10-11H,5-6,8-9H2,1-3H3. The third kappa shape index (κ3) is 3.08. The molecule has 1 aliphatic heterocycles. The fourth-order valence-electron chi connectivity index (χ4n) is 2.86. The normalized spacial score (nSPS) is 19.6. The summed E-state index contributed by atoms with van der Waals surface area (Å²) in [6.45, 7) is 6.60. The van der Waals surface area contributed by atoms with Crippen molar-refractivity contribution in [3.63, 3.8) is 0 Å². The Morgan fingerprint density at radius 1 is 1.50 bits per heavy atom. The molecule has 2 aromatic rings. The highest BCUT2D eigenvalue weighted by molar-refractivity contribution is 7.08. The molecule has 3 rings (SSSR count). The fourth-order valence-corrected chi connectivity index (χ4v) is 3.49. The van der Waals surface area contributed by atoms with Gasteiger partial charge in [-0.25, -0.2) is 4.98 Å². The Morgan fingerprint density at radius 2 is 2.32 bits per heavy atom. The number of likely N-dealkylation sites (N-methyl/N-ethyl adjacent to an activating group) is 1. The van der Waals surface area contributed by atoms with E-state index in [0.717, 1.165) is 36.7 Å². The van der Waals surface area contributed by atoms with E-state index in [1.165, 1.54) is 0 Å². The van der Waals surface area contributed by atoms with Crippen LogP contribution in [-0.4, -0.2) is 53.4 Å². The van der Waals surface area contributed by atoms with Crippen LogP contribution in [0, 0.1) is 6.92 Å². The molecule has 1 amide bonds. The zero-order valence-corrected chi connectivity index (χ0v) is 14.0. The Balaban J connectivity index is 1.72. The Bertz CT molecular complexity index is 650.